The lowest BCUT2D eigenvalue weighted by molar-refractivity contribution is 0.0527. The molecule has 0 atom stereocenters. The number of carbonyl (C=O) groups excluding carboxylic acids is 1. The van der Waals surface area contributed by atoms with Gasteiger partial charge in [-0.15, -0.1) is 0 Å². The first kappa shape index (κ1) is 14.3. The number of esters is 1. The van der Waals surface area contributed by atoms with Crippen LogP contribution in [0.3, 0.4) is 0 Å². The maximum atomic E-state index is 13.6. The van der Waals surface area contributed by atoms with Crippen molar-refractivity contribution >= 4 is 17.3 Å². The number of benzene rings is 1. The first-order valence-corrected chi connectivity index (χ1v) is 5.95. The molecule has 0 radical (unpaired) electrons. The largest absolute Gasteiger partial charge is 0.462 e. The molecule has 0 saturated carbocycles. The van der Waals surface area contributed by atoms with Crippen molar-refractivity contribution in [1.29, 1.82) is 0 Å². The molecule has 18 heavy (non-hydrogen) atoms. The summed E-state index contributed by atoms with van der Waals surface area (Å²) in [6.45, 7) is 6.59. The van der Waals surface area contributed by atoms with Crippen LogP contribution in [0.5, 0.6) is 0 Å². The first-order chi connectivity index (χ1) is 8.45. The number of nitrogen functional groups attached to an aromatic ring is 1. The number of ether oxygens (including phenoxy) is 1. The summed E-state index contributed by atoms with van der Waals surface area (Å²) in [7, 11) is 0. The molecule has 3 N–H and O–H groups in total. The van der Waals surface area contributed by atoms with Gasteiger partial charge < -0.3 is 15.8 Å². The molecule has 0 unspecified atom stereocenters. The van der Waals surface area contributed by atoms with Gasteiger partial charge in [0.25, 0.3) is 0 Å². The number of carbonyl (C=O) groups is 1. The third kappa shape index (κ3) is 3.61. The summed E-state index contributed by atoms with van der Waals surface area (Å²) < 4.78 is 18.5. The Hall–Kier alpha value is -1.78. The van der Waals surface area contributed by atoms with E-state index in [1.807, 2.05) is 13.8 Å². The molecule has 1 rings (SSSR count). The second kappa shape index (κ2) is 6.23. The minimum atomic E-state index is -0.539. The molecule has 0 aliphatic rings. The molecular weight excluding hydrogens is 235 g/mol. The molecule has 0 aliphatic carbocycles. The van der Waals surface area contributed by atoms with E-state index in [-0.39, 0.29) is 23.5 Å². The fraction of sp³-hybridized carbons (Fsp3) is 0.462. The average molecular weight is 254 g/mol. The van der Waals surface area contributed by atoms with Crippen molar-refractivity contribution < 1.29 is 13.9 Å². The molecule has 0 fully saturated rings. The second-order valence-electron chi connectivity index (χ2n) is 4.41. The number of rotatable bonds is 5. The highest BCUT2D eigenvalue weighted by Crippen LogP contribution is 2.23. The molecule has 0 bridgehead atoms. The minimum absolute atomic E-state index is 0.0843. The molecule has 0 saturated heterocycles. The Morgan fingerprint density at radius 1 is 1.50 bits per heavy atom. The van der Waals surface area contributed by atoms with Crippen LogP contribution in [0.4, 0.5) is 15.8 Å². The Balaban J connectivity index is 2.98. The van der Waals surface area contributed by atoms with Crippen LogP contribution in [-0.2, 0) is 4.74 Å². The second-order valence-corrected chi connectivity index (χ2v) is 4.41. The van der Waals surface area contributed by atoms with Gasteiger partial charge in [0.05, 0.1) is 17.9 Å². The smallest absolute Gasteiger partial charge is 0.340 e. The monoisotopic (exact) mass is 254 g/mol. The van der Waals surface area contributed by atoms with E-state index < -0.39 is 11.8 Å². The van der Waals surface area contributed by atoms with E-state index >= 15 is 0 Å². The van der Waals surface area contributed by atoms with Gasteiger partial charge in [-0.05, 0) is 25.0 Å². The van der Waals surface area contributed by atoms with Gasteiger partial charge in [0, 0.05) is 12.2 Å². The molecule has 5 heteroatoms. The fourth-order valence-corrected chi connectivity index (χ4v) is 1.42. The lowest BCUT2D eigenvalue weighted by Crippen LogP contribution is -2.13. The zero-order valence-corrected chi connectivity index (χ0v) is 10.9. The van der Waals surface area contributed by atoms with E-state index in [0.29, 0.717) is 12.5 Å². The highest BCUT2D eigenvalue weighted by atomic mass is 19.1. The summed E-state index contributed by atoms with van der Waals surface area (Å²) in [5.41, 5.74) is 6.14. The molecule has 0 heterocycles. The molecule has 1 aromatic carbocycles. The van der Waals surface area contributed by atoms with Crippen LogP contribution in [0, 0.1) is 11.7 Å². The van der Waals surface area contributed by atoms with E-state index in [1.54, 1.807) is 6.92 Å². The molecule has 100 valence electrons. The van der Waals surface area contributed by atoms with Crippen molar-refractivity contribution in [3.63, 3.8) is 0 Å². The maximum Gasteiger partial charge on any atom is 0.340 e. The molecule has 0 aromatic heterocycles. The van der Waals surface area contributed by atoms with Gasteiger partial charge in [-0.1, -0.05) is 13.8 Å². The average Bonchev–Trinajstić information content (AvgIpc) is 2.27. The SMILES string of the molecule is CCOC(=O)c1cc(NCC(C)C)c(F)cc1N. The highest BCUT2D eigenvalue weighted by Gasteiger charge is 2.15. The molecule has 1 aromatic rings. The lowest BCUT2D eigenvalue weighted by atomic mass is 10.1. The van der Waals surface area contributed by atoms with Crippen molar-refractivity contribution in [2.45, 2.75) is 20.8 Å². The van der Waals surface area contributed by atoms with Gasteiger partial charge in [0.1, 0.15) is 5.82 Å². The summed E-state index contributed by atoms with van der Waals surface area (Å²) in [5, 5.41) is 2.94. The third-order valence-electron chi connectivity index (χ3n) is 2.34. The summed E-state index contributed by atoms with van der Waals surface area (Å²) in [4.78, 5) is 11.6. The number of nitrogens with one attached hydrogen (secondary N) is 1. The molecule has 0 aliphatic heterocycles. The van der Waals surface area contributed by atoms with Gasteiger partial charge in [0.2, 0.25) is 0 Å². The normalized spacial score (nSPS) is 10.5. The first-order valence-electron chi connectivity index (χ1n) is 5.95. The van der Waals surface area contributed by atoms with Crippen molar-refractivity contribution in [3.05, 3.63) is 23.5 Å². The number of hydrogen-bond donors (Lipinski definition) is 2. The quantitative estimate of drug-likeness (QED) is 0.626. The predicted octanol–water partition coefficient (Wildman–Crippen LogP) is 2.65. The van der Waals surface area contributed by atoms with Crippen LogP contribution in [-0.4, -0.2) is 19.1 Å². The Morgan fingerprint density at radius 2 is 2.17 bits per heavy atom. The van der Waals surface area contributed by atoms with E-state index in [2.05, 4.69) is 5.32 Å². The fourth-order valence-electron chi connectivity index (χ4n) is 1.42. The Morgan fingerprint density at radius 3 is 2.72 bits per heavy atom. The lowest BCUT2D eigenvalue weighted by Gasteiger charge is -2.12. The Bertz CT molecular complexity index is 433. The number of hydrogen-bond acceptors (Lipinski definition) is 4. The van der Waals surface area contributed by atoms with Gasteiger partial charge in [-0.2, -0.15) is 0 Å². The Kier molecular flexibility index (Phi) is 4.95. The number of halogens is 1. The van der Waals surface area contributed by atoms with Crippen molar-refractivity contribution in [1.82, 2.24) is 0 Å². The summed E-state index contributed by atoms with van der Waals surface area (Å²) in [6, 6.07) is 2.53. The van der Waals surface area contributed by atoms with Crippen LogP contribution in [0.2, 0.25) is 0 Å². The van der Waals surface area contributed by atoms with Crippen LogP contribution in [0.1, 0.15) is 31.1 Å². The predicted molar refractivity (Wildman–Crippen MR) is 70.1 cm³/mol. The minimum Gasteiger partial charge on any atom is -0.462 e. The standard InChI is InChI=1S/C13H19FN2O2/c1-4-18-13(17)9-5-12(16-7-8(2)3)10(14)6-11(9)15/h5-6,8,16H,4,7,15H2,1-3H3. The summed E-state index contributed by atoms with van der Waals surface area (Å²) >= 11 is 0. The topological polar surface area (TPSA) is 64.3 Å². The summed E-state index contributed by atoms with van der Waals surface area (Å²) in [6.07, 6.45) is 0. The van der Waals surface area contributed by atoms with Crippen molar-refractivity contribution in [2.75, 3.05) is 24.2 Å². The highest BCUT2D eigenvalue weighted by molar-refractivity contribution is 5.96. The van der Waals surface area contributed by atoms with Crippen LogP contribution >= 0.6 is 0 Å². The molecular formula is C13H19FN2O2. The Labute approximate surface area is 106 Å². The van der Waals surface area contributed by atoms with Crippen molar-refractivity contribution in [2.24, 2.45) is 5.92 Å². The van der Waals surface area contributed by atoms with E-state index in [1.165, 1.54) is 6.07 Å². The van der Waals surface area contributed by atoms with Gasteiger partial charge in [-0.3, -0.25) is 0 Å². The molecule has 0 amide bonds. The van der Waals surface area contributed by atoms with Gasteiger partial charge in [-0.25, -0.2) is 9.18 Å². The number of nitrogens with two attached hydrogens (primary N) is 1. The third-order valence-corrected chi connectivity index (χ3v) is 2.34. The van der Waals surface area contributed by atoms with Gasteiger partial charge in [0.15, 0.2) is 0 Å². The molecule has 0 spiro atoms. The van der Waals surface area contributed by atoms with Crippen LogP contribution in [0.15, 0.2) is 12.1 Å². The van der Waals surface area contributed by atoms with E-state index in [0.717, 1.165) is 6.07 Å². The number of anilines is 2. The van der Waals surface area contributed by atoms with Gasteiger partial charge >= 0.3 is 5.97 Å². The summed E-state index contributed by atoms with van der Waals surface area (Å²) in [5.74, 6) is -0.642. The van der Waals surface area contributed by atoms with Crippen LogP contribution < -0.4 is 11.1 Å². The zero-order chi connectivity index (χ0) is 13.7. The van der Waals surface area contributed by atoms with Crippen LogP contribution in [0.25, 0.3) is 0 Å². The van der Waals surface area contributed by atoms with Crippen molar-refractivity contribution in [3.8, 4) is 0 Å². The van der Waals surface area contributed by atoms with E-state index in [4.69, 9.17) is 10.5 Å². The molecule has 4 nitrogen and oxygen atoms in total. The maximum absolute atomic E-state index is 13.6. The van der Waals surface area contributed by atoms with E-state index in [9.17, 15) is 9.18 Å². The zero-order valence-electron chi connectivity index (χ0n) is 10.9.